The van der Waals surface area contributed by atoms with Crippen molar-refractivity contribution < 1.29 is 4.43 Å². The minimum absolute atomic E-state index is 0.217. The van der Waals surface area contributed by atoms with E-state index in [1.807, 2.05) is 0 Å². The quantitative estimate of drug-likeness (QED) is 0.709. The smallest absolute Gasteiger partial charge is 0.146 e. The van der Waals surface area contributed by atoms with E-state index in [2.05, 4.69) is 51.1 Å². The molecule has 0 aliphatic carbocycles. The summed E-state index contributed by atoms with van der Waals surface area (Å²) in [4.78, 5) is 0. The second-order valence-corrected chi connectivity index (χ2v) is 4.10. The third-order valence-corrected chi connectivity index (χ3v) is 3.53. The number of rotatable bonds is 4. The Bertz CT molecular complexity index is 344. The van der Waals surface area contributed by atoms with Gasteiger partial charge in [0.15, 0.2) is 0 Å². The fraction of sp³-hybridized carbons (Fsp3) is 0.385. The highest BCUT2D eigenvalue weighted by molar-refractivity contribution is 5.98. The van der Waals surface area contributed by atoms with Crippen LogP contribution >= 0.6 is 0 Å². The van der Waals surface area contributed by atoms with Crippen LogP contribution in [0.15, 0.2) is 30.3 Å². The van der Waals surface area contributed by atoms with Crippen LogP contribution in [0.25, 0.3) is 5.57 Å². The molecule has 2 heteroatoms. The van der Waals surface area contributed by atoms with E-state index < -0.39 is 0 Å². The Balaban J connectivity index is 3.17. The lowest BCUT2D eigenvalue weighted by Crippen LogP contribution is -2.01. The molecule has 1 rings (SSSR count). The first-order valence-corrected chi connectivity index (χ1v) is 6.33. The zero-order valence-corrected chi connectivity index (χ0v) is 12.1. The van der Waals surface area contributed by atoms with Gasteiger partial charge in [0.2, 0.25) is 0 Å². The molecule has 0 spiro atoms. The third-order valence-electron chi connectivity index (χ3n) is 2.83. The minimum Gasteiger partial charge on any atom is -0.421 e. The van der Waals surface area contributed by atoms with Gasteiger partial charge in [0.25, 0.3) is 0 Å². The van der Waals surface area contributed by atoms with E-state index in [-0.39, 0.29) is 6.10 Å². The van der Waals surface area contributed by atoms with Crippen LogP contribution in [0.4, 0.5) is 0 Å². The Kier molecular flexibility index (Phi) is 4.79. The average Bonchev–Trinajstić information content (AvgIpc) is 2.30. The number of hydrogen-bond acceptors (Lipinski definition) is 1. The minimum atomic E-state index is 0.217. The highest BCUT2D eigenvalue weighted by atomic mass is 28.2. The maximum atomic E-state index is 5.53. The molecule has 0 aliphatic heterocycles. The van der Waals surface area contributed by atoms with E-state index in [0.717, 1.165) is 16.9 Å². The Labute approximate surface area is 95.7 Å². The zero-order valence-electron chi connectivity index (χ0n) is 10.1. The molecule has 1 aromatic carbocycles. The molecular formula is C13H20OSi. The van der Waals surface area contributed by atoms with Crippen LogP contribution in [0, 0.1) is 0 Å². The molecule has 1 aromatic rings. The molecule has 0 bridgehead atoms. The van der Waals surface area contributed by atoms with Crippen LogP contribution in [0.1, 0.15) is 44.4 Å². The van der Waals surface area contributed by atoms with Crippen molar-refractivity contribution in [2.45, 2.75) is 33.3 Å². The lowest BCUT2D eigenvalue weighted by Gasteiger charge is -2.17. The van der Waals surface area contributed by atoms with Crippen molar-refractivity contribution in [3.05, 3.63) is 41.5 Å². The van der Waals surface area contributed by atoms with E-state index in [4.69, 9.17) is 4.43 Å². The molecule has 15 heavy (non-hydrogen) atoms. The predicted molar refractivity (Wildman–Crippen MR) is 69.8 cm³/mol. The van der Waals surface area contributed by atoms with Gasteiger partial charge in [0.1, 0.15) is 10.5 Å². The molecule has 1 unspecified atom stereocenters. The van der Waals surface area contributed by atoms with Gasteiger partial charge in [0.05, 0.1) is 6.10 Å². The van der Waals surface area contributed by atoms with Gasteiger partial charge >= 0.3 is 0 Å². The van der Waals surface area contributed by atoms with Gasteiger partial charge in [-0.1, -0.05) is 37.3 Å². The summed E-state index contributed by atoms with van der Waals surface area (Å²) in [6.07, 6.45) is 3.48. The van der Waals surface area contributed by atoms with Gasteiger partial charge in [0, 0.05) is 0 Å². The first-order valence-electron chi connectivity index (χ1n) is 5.51. The van der Waals surface area contributed by atoms with E-state index in [1.54, 1.807) is 0 Å². The second kappa shape index (κ2) is 5.88. The SMILES string of the molecule is CC=C(CC)c1ccccc1C(C)O[SiH3]. The standard InChI is InChI=1S/C13H20OSi/c1-4-11(5-2)13-9-7-6-8-12(13)10(3)14-15/h4,6-10H,5H2,1-3,15H3. The van der Waals surface area contributed by atoms with Crippen LogP contribution in [-0.4, -0.2) is 10.5 Å². The van der Waals surface area contributed by atoms with Crippen LogP contribution in [-0.2, 0) is 4.43 Å². The largest absolute Gasteiger partial charge is 0.421 e. The summed E-state index contributed by atoms with van der Waals surface area (Å²) in [6.45, 7) is 6.41. The number of hydrogen-bond donors (Lipinski definition) is 0. The molecule has 0 amide bonds. The molecule has 0 heterocycles. The van der Waals surface area contributed by atoms with E-state index in [9.17, 15) is 0 Å². The summed E-state index contributed by atoms with van der Waals surface area (Å²) >= 11 is 0. The fourth-order valence-corrected chi connectivity index (χ4v) is 2.07. The normalized spacial score (nSPS) is 14.2. The van der Waals surface area contributed by atoms with E-state index in [0.29, 0.717) is 0 Å². The molecule has 1 atom stereocenters. The van der Waals surface area contributed by atoms with Gasteiger partial charge in [-0.05, 0) is 37.0 Å². The maximum Gasteiger partial charge on any atom is 0.146 e. The van der Waals surface area contributed by atoms with Gasteiger partial charge in [-0.2, -0.15) is 0 Å². The Morgan fingerprint density at radius 1 is 1.47 bits per heavy atom. The van der Waals surface area contributed by atoms with Crippen molar-refractivity contribution in [1.82, 2.24) is 0 Å². The summed E-state index contributed by atoms with van der Waals surface area (Å²) in [7, 11) is 0.785. The van der Waals surface area contributed by atoms with Crippen LogP contribution in [0.2, 0.25) is 0 Å². The second-order valence-electron chi connectivity index (χ2n) is 3.63. The highest BCUT2D eigenvalue weighted by Gasteiger charge is 2.10. The lowest BCUT2D eigenvalue weighted by atomic mass is 9.95. The molecule has 0 saturated heterocycles. The fourth-order valence-electron chi connectivity index (χ4n) is 1.82. The molecule has 0 aliphatic rings. The highest BCUT2D eigenvalue weighted by Crippen LogP contribution is 2.27. The van der Waals surface area contributed by atoms with Gasteiger partial charge in [-0.25, -0.2) is 0 Å². The summed E-state index contributed by atoms with van der Waals surface area (Å²) in [5.41, 5.74) is 4.05. The van der Waals surface area contributed by atoms with Gasteiger partial charge in [-0.3, -0.25) is 0 Å². The summed E-state index contributed by atoms with van der Waals surface area (Å²) in [6, 6.07) is 8.53. The monoisotopic (exact) mass is 220 g/mol. The topological polar surface area (TPSA) is 9.23 Å². The third kappa shape index (κ3) is 2.80. The van der Waals surface area contributed by atoms with Gasteiger partial charge in [-0.15, -0.1) is 0 Å². The first kappa shape index (κ1) is 12.2. The van der Waals surface area contributed by atoms with Crippen molar-refractivity contribution in [3.8, 4) is 0 Å². The summed E-state index contributed by atoms with van der Waals surface area (Å²) in [5.74, 6) is 0. The summed E-state index contributed by atoms with van der Waals surface area (Å²) in [5, 5.41) is 0. The van der Waals surface area contributed by atoms with E-state index in [1.165, 1.54) is 16.7 Å². The molecule has 82 valence electrons. The molecule has 0 aromatic heterocycles. The first-order chi connectivity index (χ1) is 7.24. The Morgan fingerprint density at radius 3 is 2.67 bits per heavy atom. The van der Waals surface area contributed by atoms with Crippen molar-refractivity contribution in [1.29, 1.82) is 0 Å². The Hall–Kier alpha value is -0.863. The van der Waals surface area contributed by atoms with E-state index >= 15 is 0 Å². The number of benzene rings is 1. The van der Waals surface area contributed by atoms with Crippen molar-refractivity contribution in [3.63, 3.8) is 0 Å². The van der Waals surface area contributed by atoms with Crippen molar-refractivity contribution >= 4 is 16.1 Å². The van der Waals surface area contributed by atoms with Crippen LogP contribution < -0.4 is 0 Å². The molecule has 0 fully saturated rings. The predicted octanol–water partition coefficient (Wildman–Crippen LogP) is 2.86. The summed E-state index contributed by atoms with van der Waals surface area (Å²) < 4.78 is 5.53. The van der Waals surface area contributed by atoms with Crippen molar-refractivity contribution in [2.75, 3.05) is 0 Å². The van der Waals surface area contributed by atoms with Crippen LogP contribution in [0.5, 0.6) is 0 Å². The zero-order chi connectivity index (χ0) is 11.3. The van der Waals surface area contributed by atoms with Gasteiger partial charge < -0.3 is 4.43 Å². The van der Waals surface area contributed by atoms with Crippen molar-refractivity contribution in [2.24, 2.45) is 0 Å². The molecular weight excluding hydrogens is 200 g/mol. The molecule has 0 N–H and O–H groups in total. The molecule has 0 radical (unpaired) electrons. The number of allylic oxidation sites excluding steroid dienone is 2. The molecule has 1 nitrogen and oxygen atoms in total. The van der Waals surface area contributed by atoms with Crippen LogP contribution in [0.3, 0.4) is 0 Å². The lowest BCUT2D eigenvalue weighted by molar-refractivity contribution is 0.250. The average molecular weight is 220 g/mol. The Morgan fingerprint density at radius 2 is 2.13 bits per heavy atom. The maximum absolute atomic E-state index is 5.53. The molecule has 0 saturated carbocycles.